The third-order valence-corrected chi connectivity index (χ3v) is 2.27. The number of nitrogen functional groups attached to an aromatic ring is 1. The maximum atomic E-state index is 10.4. The summed E-state index contributed by atoms with van der Waals surface area (Å²) < 4.78 is 5.54. The summed E-state index contributed by atoms with van der Waals surface area (Å²) in [6, 6.07) is 5.43. The summed E-state index contributed by atoms with van der Waals surface area (Å²) in [6.45, 7) is 4.76. The van der Waals surface area contributed by atoms with Crippen molar-refractivity contribution in [1.29, 1.82) is 0 Å². The third kappa shape index (κ3) is 4.76. The van der Waals surface area contributed by atoms with Gasteiger partial charge in [0.25, 0.3) is 0 Å². The molecule has 0 aromatic heterocycles. The highest BCUT2D eigenvalue weighted by Gasteiger charge is 2.05. The summed E-state index contributed by atoms with van der Waals surface area (Å²) in [5, 5.41) is 8.59. The van der Waals surface area contributed by atoms with E-state index < -0.39 is 5.97 Å². The van der Waals surface area contributed by atoms with Gasteiger partial charge in [-0.2, -0.15) is 0 Å². The first-order valence-corrected chi connectivity index (χ1v) is 5.72. The van der Waals surface area contributed by atoms with Gasteiger partial charge in [0.2, 0.25) is 0 Å². The van der Waals surface area contributed by atoms with E-state index in [4.69, 9.17) is 15.6 Å². The Bertz CT molecular complexity index is 388. The number of aryl methyl sites for hydroxylation is 1. The first kappa shape index (κ1) is 13.4. The number of aliphatic carboxylic acids is 1. The molecule has 1 rings (SSSR count). The molecule has 0 radical (unpaired) electrons. The Labute approximate surface area is 101 Å². The molecule has 0 fully saturated rings. The molecule has 1 aromatic rings. The topological polar surface area (TPSA) is 72.5 Å². The SMILES string of the molecule is CC(C)COc1ccc(CCC(=O)O)cc1N. The van der Waals surface area contributed by atoms with E-state index in [-0.39, 0.29) is 6.42 Å². The second-order valence-electron chi connectivity index (χ2n) is 4.47. The van der Waals surface area contributed by atoms with Crippen molar-refractivity contribution in [2.24, 2.45) is 5.92 Å². The lowest BCUT2D eigenvalue weighted by Crippen LogP contribution is -2.06. The Kier molecular flexibility index (Phi) is 4.82. The highest BCUT2D eigenvalue weighted by atomic mass is 16.5. The van der Waals surface area contributed by atoms with Crippen molar-refractivity contribution in [3.63, 3.8) is 0 Å². The minimum atomic E-state index is -0.802. The lowest BCUT2D eigenvalue weighted by atomic mass is 10.1. The second-order valence-corrected chi connectivity index (χ2v) is 4.47. The summed E-state index contributed by atoms with van der Waals surface area (Å²) in [6.07, 6.45) is 0.607. The normalized spacial score (nSPS) is 10.5. The van der Waals surface area contributed by atoms with Crippen LogP contribution in [0.1, 0.15) is 25.8 Å². The maximum absolute atomic E-state index is 10.4. The van der Waals surface area contributed by atoms with Crippen LogP contribution in [0.3, 0.4) is 0 Å². The molecule has 0 atom stereocenters. The molecule has 0 unspecified atom stereocenters. The largest absolute Gasteiger partial charge is 0.491 e. The first-order chi connectivity index (χ1) is 7.99. The smallest absolute Gasteiger partial charge is 0.303 e. The van der Waals surface area contributed by atoms with Crippen molar-refractivity contribution in [1.82, 2.24) is 0 Å². The molecule has 0 bridgehead atoms. The van der Waals surface area contributed by atoms with Gasteiger partial charge in [-0.25, -0.2) is 0 Å². The van der Waals surface area contributed by atoms with Crippen molar-refractivity contribution < 1.29 is 14.6 Å². The van der Waals surface area contributed by atoms with Gasteiger partial charge in [-0.3, -0.25) is 4.79 Å². The second kappa shape index (κ2) is 6.13. The van der Waals surface area contributed by atoms with Crippen LogP contribution in [0.15, 0.2) is 18.2 Å². The number of hydrogen-bond acceptors (Lipinski definition) is 3. The molecule has 0 aliphatic heterocycles. The Morgan fingerprint density at radius 3 is 2.71 bits per heavy atom. The maximum Gasteiger partial charge on any atom is 0.303 e. The van der Waals surface area contributed by atoms with E-state index in [9.17, 15) is 4.79 Å². The van der Waals surface area contributed by atoms with Crippen molar-refractivity contribution in [3.8, 4) is 5.75 Å². The van der Waals surface area contributed by atoms with Crippen LogP contribution in [0.25, 0.3) is 0 Å². The lowest BCUT2D eigenvalue weighted by molar-refractivity contribution is -0.136. The van der Waals surface area contributed by atoms with Gasteiger partial charge >= 0.3 is 5.97 Å². The Morgan fingerprint density at radius 1 is 1.47 bits per heavy atom. The fourth-order valence-electron chi connectivity index (χ4n) is 1.39. The molecule has 0 aliphatic carbocycles. The molecule has 4 heteroatoms. The third-order valence-electron chi connectivity index (χ3n) is 2.27. The quantitative estimate of drug-likeness (QED) is 0.745. The van der Waals surface area contributed by atoms with Crippen LogP contribution in [0.5, 0.6) is 5.75 Å². The number of carboxylic acids is 1. The van der Waals surface area contributed by atoms with Gasteiger partial charge in [0.15, 0.2) is 0 Å². The molecule has 3 N–H and O–H groups in total. The average molecular weight is 237 g/mol. The van der Waals surface area contributed by atoms with E-state index in [0.29, 0.717) is 30.4 Å². The van der Waals surface area contributed by atoms with Crippen molar-refractivity contribution in [2.75, 3.05) is 12.3 Å². The van der Waals surface area contributed by atoms with E-state index in [1.165, 1.54) is 0 Å². The standard InChI is InChI=1S/C13H19NO3/c1-9(2)8-17-12-5-3-10(7-11(12)14)4-6-13(15)16/h3,5,7,9H,4,6,8,14H2,1-2H3,(H,15,16). The van der Waals surface area contributed by atoms with E-state index >= 15 is 0 Å². The molecule has 0 heterocycles. The predicted octanol–water partition coefficient (Wildman–Crippen LogP) is 2.32. The van der Waals surface area contributed by atoms with Gasteiger partial charge in [-0.15, -0.1) is 0 Å². The van der Waals surface area contributed by atoms with Gasteiger partial charge in [0.05, 0.1) is 12.3 Å². The van der Waals surface area contributed by atoms with Crippen LogP contribution in [-0.2, 0) is 11.2 Å². The average Bonchev–Trinajstić information content (AvgIpc) is 2.24. The summed E-state index contributed by atoms with van der Waals surface area (Å²) >= 11 is 0. The summed E-state index contributed by atoms with van der Waals surface area (Å²) in [7, 11) is 0. The van der Waals surface area contributed by atoms with Crippen LogP contribution in [0.4, 0.5) is 5.69 Å². The monoisotopic (exact) mass is 237 g/mol. The molecular formula is C13H19NO3. The van der Waals surface area contributed by atoms with Crippen molar-refractivity contribution in [2.45, 2.75) is 26.7 Å². The van der Waals surface area contributed by atoms with E-state index in [1.807, 2.05) is 6.07 Å². The fourth-order valence-corrected chi connectivity index (χ4v) is 1.39. The lowest BCUT2D eigenvalue weighted by Gasteiger charge is -2.11. The number of ether oxygens (including phenoxy) is 1. The Morgan fingerprint density at radius 2 is 2.18 bits per heavy atom. The van der Waals surface area contributed by atoms with Gasteiger partial charge in [0.1, 0.15) is 5.75 Å². The predicted molar refractivity (Wildman–Crippen MR) is 67.1 cm³/mol. The van der Waals surface area contributed by atoms with Gasteiger partial charge in [-0.1, -0.05) is 19.9 Å². The van der Waals surface area contributed by atoms with Gasteiger partial charge in [-0.05, 0) is 30.0 Å². The number of benzene rings is 1. The highest BCUT2D eigenvalue weighted by molar-refractivity contribution is 5.67. The number of hydrogen-bond donors (Lipinski definition) is 2. The number of nitrogens with two attached hydrogens (primary N) is 1. The van der Waals surface area contributed by atoms with E-state index in [2.05, 4.69) is 13.8 Å². The molecule has 0 spiro atoms. The van der Waals surface area contributed by atoms with E-state index in [0.717, 1.165) is 5.56 Å². The summed E-state index contributed by atoms with van der Waals surface area (Å²) in [4.78, 5) is 10.4. The molecule has 0 aliphatic rings. The number of carbonyl (C=O) groups is 1. The van der Waals surface area contributed by atoms with Crippen molar-refractivity contribution in [3.05, 3.63) is 23.8 Å². The van der Waals surface area contributed by atoms with Crippen LogP contribution < -0.4 is 10.5 Å². The molecule has 0 amide bonds. The Hall–Kier alpha value is -1.71. The highest BCUT2D eigenvalue weighted by Crippen LogP contribution is 2.23. The molecule has 1 aromatic carbocycles. The minimum absolute atomic E-state index is 0.117. The van der Waals surface area contributed by atoms with Gasteiger partial charge in [0, 0.05) is 6.42 Å². The fraction of sp³-hybridized carbons (Fsp3) is 0.462. The zero-order valence-corrected chi connectivity index (χ0v) is 10.3. The molecule has 0 saturated heterocycles. The van der Waals surface area contributed by atoms with E-state index in [1.54, 1.807) is 12.1 Å². The number of anilines is 1. The zero-order valence-electron chi connectivity index (χ0n) is 10.3. The Balaban J connectivity index is 2.62. The molecular weight excluding hydrogens is 218 g/mol. The molecule has 17 heavy (non-hydrogen) atoms. The summed E-state index contributed by atoms with van der Waals surface area (Å²) in [5.74, 6) is 0.308. The van der Waals surface area contributed by atoms with Crippen LogP contribution >= 0.6 is 0 Å². The van der Waals surface area contributed by atoms with Crippen LogP contribution in [0.2, 0.25) is 0 Å². The first-order valence-electron chi connectivity index (χ1n) is 5.72. The van der Waals surface area contributed by atoms with Crippen LogP contribution in [-0.4, -0.2) is 17.7 Å². The zero-order chi connectivity index (χ0) is 12.8. The van der Waals surface area contributed by atoms with Crippen molar-refractivity contribution >= 4 is 11.7 Å². The van der Waals surface area contributed by atoms with Gasteiger partial charge < -0.3 is 15.6 Å². The number of rotatable bonds is 6. The van der Waals surface area contributed by atoms with Crippen LogP contribution in [0, 0.1) is 5.92 Å². The summed E-state index contributed by atoms with van der Waals surface area (Å²) in [5.41, 5.74) is 7.32. The molecule has 94 valence electrons. The molecule has 4 nitrogen and oxygen atoms in total. The minimum Gasteiger partial charge on any atom is -0.491 e. The molecule has 0 saturated carbocycles. The number of carboxylic acid groups (broad SMARTS) is 1.